The average Bonchev–Trinajstić information content (AvgIpc) is 2.68. The van der Waals surface area contributed by atoms with Crippen molar-refractivity contribution in [1.82, 2.24) is 0 Å². The molecule has 0 saturated carbocycles. The molecule has 0 N–H and O–H groups in total. The van der Waals surface area contributed by atoms with Crippen molar-refractivity contribution >= 4 is 40.1 Å². The van der Waals surface area contributed by atoms with Crippen LogP contribution in [0.5, 0.6) is 0 Å². The van der Waals surface area contributed by atoms with Gasteiger partial charge in [0.2, 0.25) is 5.91 Å². The van der Waals surface area contributed by atoms with Gasteiger partial charge in [-0.3, -0.25) is 9.59 Å². The van der Waals surface area contributed by atoms with Crippen LogP contribution in [-0.2, 0) is 9.59 Å². The molecule has 1 amide bonds. The predicted molar refractivity (Wildman–Crippen MR) is 75.0 cm³/mol. The van der Waals surface area contributed by atoms with Crippen molar-refractivity contribution in [3.8, 4) is 0 Å². The van der Waals surface area contributed by atoms with Gasteiger partial charge in [-0.05, 0) is 24.1 Å². The lowest BCUT2D eigenvalue weighted by Crippen LogP contribution is -2.25. The summed E-state index contributed by atoms with van der Waals surface area (Å²) in [7, 11) is 0. The maximum absolute atomic E-state index is 13.0. The fourth-order valence-electron chi connectivity index (χ4n) is 2.06. The monoisotopic (exact) mass is 301 g/mol. The van der Waals surface area contributed by atoms with Crippen molar-refractivity contribution in [3.63, 3.8) is 0 Å². The first-order valence-corrected chi connectivity index (χ1v) is 7.22. The third-order valence-corrected chi connectivity index (χ3v) is 4.28. The lowest BCUT2D eigenvalue weighted by atomic mass is 10.1. The van der Waals surface area contributed by atoms with E-state index in [1.165, 1.54) is 36.9 Å². The van der Waals surface area contributed by atoms with Crippen molar-refractivity contribution in [1.29, 1.82) is 0 Å². The number of benzene rings is 1. The Morgan fingerprint density at radius 3 is 2.95 bits per heavy atom. The summed E-state index contributed by atoms with van der Waals surface area (Å²) in [6.45, 7) is 2.03. The van der Waals surface area contributed by atoms with Crippen LogP contribution in [0.25, 0.3) is 0 Å². The summed E-state index contributed by atoms with van der Waals surface area (Å²) in [4.78, 5) is 24.4. The van der Waals surface area contributed by atoms with E-state index in [0.717, 1.165) is 0 Å². The second kappa shape index (κ2) is 5.92. The minimum Gasteiger partial charge on any atom is -0.311 e. The van der Waals surface area contributed by atoms with Crippen LogP contribution in [0.2, 0.25) is 5.02 Å². The van der Waals surface area contributed by atoms with Crippen molar-refractivity contribution < 1.29 is 14.0 Å². The molecule has 2 rings (SSSR count). The molecule has 6 heteroatoms. The number of thioether (sulfide) groups is 1. The van der Waals surface area contributed by atoms with Gasteiger partial charge < -0.3 is 4.90 Å². The highest BCUT2D eigenvalue weighted by molar-refractivity contribution is 8.13. The molecule has 0 aromatic heterocycles. The molecule has 3 nitrogen and oxygen atoms in total. The number of hydrogen-bond donors (Lipinski definition) is 0. The van der Waals surface area contributed by atoms with E-state index in [9.17, 15) is 14.0 Å². The average molecular weight is 302 g/mol. The lowest BCUT2D eigenvalue weighted by molar-refractivity contribution is -0.117. The summed E-state index contributed by atoms with van der Waals surface area (Å²) in [5.74, 6) is 0.283. The third kappa shape index (κ3) is 3.48. The molecular formula is C13H13ClFNO2S. The largest absolute Gasteiger partial charge is 0.311 e. The zero-order chi connectivity index (χ0) is 14.0. The number of hydrogen-bond acceptors (Lipinski definition) is 3. The Morgan fingerprint density at radius 1 is 1.58 bits per heavy atom. The lowest BCUT2D eigenvalue weighted by Gasteiger charge is -2.18. The minimum absolute atomic E-state index is 0.0392. The van der Waals surface area contributed by atoms with Crippen LogP contribution >= 0.6 is 23.4 Å². The first kappa shape index (κ1) is 14.3. The quantitative estimate of drug-likeness (QED) is 0.861. The smallest absolute Gasteiger partial charge is 0.227 e. The first-order valence-electron chi connectivity index (χ1n) is 5.86. The molecule has 1 saturated heterocycles. The van der Waals surface area contributed by atoms with Crippen molar-refractivity contribution in [2.45, 2.75) is 13.3 Å². The summed E-state index contributed by atoms with van der Waals surface area (Å²) in [5.41, 5.74) is 0.531. The number of carbonyl (C=O) groups is 2. The molecule has 1 aromatic carbocycles. The minimum atomic E-state index is -0.427. The highest BCUT2D eigenvalue weighted by atomic mass is 35.5. The Morgan fingerprint density at radius 2 is 2.32 bits per heavy atom. The SMILES string of the molecule is CC(=O)SCC1CC(=O)N(c2ccc(F)cc2Cl)C1. The summed E-state index contributed by atoms with van der Waals surface area (Å²) in [6.07, 6.45) is 0.397. The highest BCUT2D eigenvalue weighted by Gasteiger charge is 2.31. The summed E-state index contributed by atoms with van der Waals surface area (Å²) in [5, 5.41) is 0.277. The van der Waals surface area contributed by atoms with Crippen LogP contribution in [0.3, 0.4) is 0 Å². The fraction of sp³-hybridized carbons (Fsp3) is 0.385. The third-order valence-electron chi connectivity index (χ3n) is 2.93. The molecule has 1 unspecified atom stereocenters. The van der Waals surface area contributed by atoms with Crippen molar-refractivity contribution in [2.24, 2.45) is 5.92 Å². The van der Waals surface area contributed by atoms with Gasteiger partial charge in [0.25, 0.3) is 0 Å². The molecule has 1 fully saturated rings. The first-order chi connectivity index (χ1) is 8.97. The second-order valence-electron chi connectivity index (χ2n) is 4.47. The van der Waals surface area contributed by atoms with Crippen molar-refractivity contribution in [2.75, 3.05) is 17.2 Å². The molecule has 1 aliphatic rings. The van der Waals surface area contributed by atoms with Gasteiger partial charge in [-0.1, -0.05) is 23.4 Å². The van der Waals surface area contributed by atoms with Crippen LogP contribution in [0, 0.1) is 11.7 Å². The zero-order valence-corrected chi connectivity index (χ0v) is 11.9. The van der Waals surface area contributed by atoms with Gasteiger partial charge >= 0.3 is 0 Å². The number of rotatable bonds is 3. The number of halogens is 2. The zero-order valence-electron chi connectivity index (χ0n) is 10.4. The van der Waals surface area contributed by atoms with Gasteiger partial charge in [-0.15, -0.1) is 0 Å². The standard InChI is InChI=1S/C13H13ClFNO2S/c1-8(17)19-7-9-4-13(18)16(6-9)12-3-2-10(15)5-11(12)14/h2-3,5,9H,4,6-7H2,1H3. The Hall–Kier alpha value is -1.07. The molecule has 0 radical (unpaired) electrons. The maximum atomic E-state index is 13.0. The Kier molecular flexibility index (Phi) is 4.47. The Labute approximate surface area is 120 Å². The van der Waals surface area contributed by atoms with Gasteiger partial charge in [-0.2, -0.15) is 0 Å². The van der Waals surface area contributed by atoms with E-state index in [4.69, 9.17) is 11.6 Å². The molecule has 1 heterocycles. The number of amides is 1. The van der Waals surface area contributed by atoms with E-state index in [1.807, 2.05) is 0 Å². The van der Waals surface area contributed by atoms with Gasteiger partial charge in [0, 0.05) is 25.6 Å². The van der Waals surface area contributed by atoms with Crippen LogP contribution in [0.4, 0.5) is 10.1 Å². The van der Waals surface area contributed by atoms with E-state index in [-0.39, 0.29) is 22.0 Å². The molecule has 1 aromatic rings. The van der Waals surface area contributed by atoms with E-state index in [0.29, 0.717) is 24.4 Å². The predicted octanol–water partition coefficient (Wildman–Crippen LogP) is 3.11. The van der Waals surface area contributed by atoms with Gasteiger partial charge in [-0.25, -0.2) is 4.39 Å². The number of anilines is 1. The molecule has 19 heavy (non-hydrogen) atoms. The van der Waals surface area contributed by atoms with Gasteiger partial charge in [0.1, 0.15) is 5.82 Å². The topological polar surface area (TPSA) is 37.4 Å². The maximum Gasteiger partial charge on any atom is 0.227 e. The van der Waals surface area contributed by atoms with Crippen molar-refractivity contribution in [3.05, 3.63) is 29.0 Å². The Balaban J connectivity index is 2.09. The molecule has 0 aliphatic carbocycles. The normalized spacial score (nSPS) is 19.0. The van der Waals surface area contributed by atoms with E-state index >= 15 is 0 Å². The van der Waals surface area contributed by atoms with Gasteiger partial charge in [0.15, 0.2) is 5.12 Å². The second-order valence-corrected chi connectivity index (χ2v) is 6.08. The number of nitrogens with zero attached hydrogens (tertiary/aromatic N) is 1. The molecule has 0 bridgehead atoms. The Bertz CT molecular complexity index is 523. The number of carbonyl (C=O) groups excluding carboxylic acids is 2. The van der Waals surface area contributed by atoms with Gasteiger partial charge in [0.05, 0.1) is 10.7 Å². The molecule has 1 atom stereocenters. The highest BCUT2D eigenvalue weighted by Crippen LogP contribution is 2.32. The summed E-state index contributed by atoms with van der Waals surface area (Å²) in [6, 6.07) is 3.99. The molecule has 102 valence electrons. The van der Waals surface area contributed by atoms with E-state index in [2.05, 4.69) is 0 Å². The fourth-order valence-corrected chi connectivity index (χ4v) is 3.02. The van der Waals surface area contributed by atoms with E-state index in [1.54, 1.807) is 4.90 Å². The van der Waals surface area contributed by atoms with Crippen LogP contribution in [0.15, 0.2) is 18.2 Å². The summed E-state index contributed by atoms with van der Waals surface area (Å²) < 4.78 is 13.0. The summed E-state index contributed by atoms with van der Waals surface area (Å²) >= 11 is 7.18. The molecule has 1 aliphatic heterocycles. The van der Waals surface area contributed by atoms with Crippen LogP contribution in [-0.4, -0.2) is 23.3 Å². The van der Waals surface area contributed by atoms with Crippen LogP contribution in [0.1, 0.15) is 13.3 Å². The molecular weight excluding hydrogens is 289 g/mol. The molecule has 0 spiro atoms. The van der Waals surface area contributed by atoms with Crippen LogP contribution < -0.4 is 4.90 Å². The van der Waals surface area contributed by atoms with E-state index < -0.39 is 5.82 Å².